The summed E-state index contributed by atoms with van der Waals surface area (Å²) in [6.45, 7) is 2.47. The highest BCUT2D eigenvalue weighted by Crippen LogP contribution is 2.25. The fourth-order valence-corrected chi connectivity index (χ4v) is 4.66. The lowest BCUT2D eigenvalue weighted by Crippen LogP contribution is -2.39. The highest BCUT2D eigenvalue weighted by molar-refractivity contribution is 6.01. The number of benzene rings is 4. The van der Waals surface area contributed by atoms with E-state index in [2.05, 4.69) is 17.3 Å². The number of nitrogens with zero attached hydrogens (tertiary/aromatic N) is 3. The van der Waals surface area contributed by atoms with Crippen molar-refractivity contribution >= 4 is 28.4 Å². The zero-order valence-electron chi connectivity index (χ0n) is 22.4. The van der Waals surface area contributed by atoms with Crippen molar-refractivity contribution in [3.63, 3.8) is 0 Å². The van der Waals surface area contributed by atoms with Crippen LogP contribution in [0.15, 0.2) is 103 Å². The Morgan fingerprint density at radius 1 is 0.850 bits per heavy atom. The second kappa shape index (κ2) is 12.4. The van der Waals surface area contributed by atoms with Crippen molar-refractivity contribution in [2.75, 3.05) is 18.4 Å². The summed E-state index contributed by atoms with van der Waals surface area (Å²) < 4.78 is 15.2. The van der Waals surface area contributed by atoms with Crippen LogP contribution in [0.4, 0.5) is 10.2 Å². The molecule has 1 aromatic heterocycles. The van der Waals surface area contributed by atoms with E-state index in [1.165, 1.54) is 12.1 Å². The zero-order chi connectivity index (χ0) is 27.9. The number of hydrogen-bond donors (Lipinski definition) is 1. The molecule has 0 unspecified atom stereocenters. The molecule has 5 aromatic rings. The van der Waals surface area contributed by atoms with Crippen molar-refractivity contribution in [3.05, 3.63) is 115 Å². The predicted octanol–water partition coefficient (Wildman–Crippen LogP) is 7.10. The lowest BCUT2D eigenvalue weighted by Gasteiger charge is -2.22. The number of nitrogens with one attached hydrogen (secondary N) is 1. The average Bonchev–Trinajstić information content (AvgIpc) is 3.40. The number of halogens is 1. The second-order valence-corrected chi connectivity index (χ2v) is 9.71. The van der Waals surface area contributed by atoms with Gasteiger partial charge in [-0.1, -0.05) is 80.4 Å². The summed E-state index contributed by atoms with van der Waals surface area (Å²) >= 11 is 0. The van der Waals surface area contributed by atoms with Gasteiger partial charge in [0.25, 0.3) is 5.91 Å². The molecule has 0 spiro atoms. The Labute approximate surface area is 233 Å². The van der Waals surface area contributed by atoms with Crippen LogP contribution in [0.3, 0.4) is 0 Å². The Balaban J connectivity index is 1.40. The molecule has 0 fully saturated rings. The summed E-state index contributed by atoms with van der Waals surface area (Å²) in [6, 6.07) is 30.8. The Morgan fingerprint density at radius 2 is 1.57 bits per heavy atom. The molecular formula is C33H31FN4O2. The number of fused-ring (bicyclic) bond motifs is 1. The molecule has 0 aliphatic rings. The number of aromatic nitrogens is 2. The maximum absolute atomic E-state index is 13.6. The fourth-order valence-electron chi connectivity index (χ4n) is 4.66. The van der Waals surface area contributed by atoms with E-state index >= 15 is 0 Å². The Bertz CT molecular complexity index is 1610. The largest absolute Gasteiger partial charge is 0.329 e. The molecular weight excluding hydrogens is 503 g/mol. The van der Waals surface area contributed by atoms with Crippen LogP contribution in [0.1, 0.15) is 36.5 Å². The molecule has 5 rings (SSSR count). The summed E-state index contributed by atoms with van der Waals surface area (Å²) in [4.78, 5) is 28.6. The summed E-state index contributed by atoms with van der Waals surface area (Å²) in [5.41, 5.74) is 2.69. The number of anilines is 1. The van der Waals surface area contributed by atoms with Gasteiger partial charge >= 0.3 is 0 Å². The lowest BCUT2D eigenvalue weighted by molar-refractivity contribution is -0.117. The van der Waals surface area contributed by atoms with Crippen LogP contribution in [0.5, 0.6) is 0 Å². The molecule has 0 aliphatic carbocycles. The van der Waals surface area contributed by atoms with E-state index in [0.29, 0.717) is 29.3 Å². The quantitative estimate of drug-likeness (QED) is 0.194. The SMILES string of the molecule is CCCCCN(CC(=O)Nc1cc(-c2ccccc2)nn1-c1ccc(F)cc1)C(=O)c1ccc2ccccc2c1. The molecule has 202 valence electrons. The van der Waals surface area contributed by atoms with Gasteiger partial charge in [-0.2, -0.15) is 5.10 Å². The number of carbonyl (C=O) groups is 2. The maximum atomic E-state index is 13.6. The minimum Gasteiger partial charge on any atom is -0.329 e. The summed E-state index contributed by atoms with van der Waals surface area (Å²) in [7, 11) is 0. The third-order valence-electron chi connectivity index (χ3n) is 6.77. The predicted molar refractivity (Wildman–Crippen MR) is 157 cm³/mol. The second-order valence-electron chi connectivity index (χ2n) is 9.71. The lowest BCUT2D eigenvalue weighted by atomic mass is 10.1. The smallest absolute Gasteiger partial charge is 0.254 e. The summed E-state index contributed by atoms with van der Waals surface area (Å²) in [5, 5.41) is 9.66. The molecule has 0 aliphatic heterocycles. The van der Waals surface area contributed by atoms with Crippen LogP contribution in [0.25, 0.3) is 27.7 Å². The number of carbonyl (C=O) groups excluding carboxylic acids is 2. The zero-order valence-corrected chi connectivity index (χ0v) is 22.4. The van der Waals surface area contributed by atoms with Crippen molar-refractivity contribution in [1.29, 1.82) is 0 Å². The molecule has 0 bridgehead atoms. The number of unbranched alkanes of at least 4 members (excludes halogenated alkanes) is 2. The van der Waals surface area contributed by atoms with E-state index in [1.54, 1.807) is 27.8 Å². The van der Waals surface area contributed by atoms with E-state index in [1.807, 2.05) is 72.8 Å². The number of amides is 2. The topological polar surface area (TPSA) is 67.2 Å². The Hall–Kier alpha value is -4.78. The molecule has 0 atom stereocenters. The summed E-state index contributed by atoms with van der Waals surface area (Å²) in [6.07, 6.45) is 2.76. The Kier molecular flexibility index (Phi) is 8.30. The first-order valence-electron chi connectivity index (χ1n) is 13.5. The first-order chi connectivity index (χ1) is 19.5. The summed E-state index contributed by atoms with van der Waals surface area (Å²) in [5.74, 6) is -0.454. The van der Waals surface area contributed by atoms with Gasteiger partial charge < -0.3 is 10.2 Å². The maximum Gasteiger partial charge on any atom is 0.254 e. The van der Waals surface area contributed by atoms with E-state index in [-0.39, 0.29) is 24.2 Å². The van der Waals surface area contributed by atoms with Crippen LogP contribution >= 0.6 is 0 Å². The van der Waals surface area contributed by atoms with Gasteiger partial charge in [0.05, 0.1) is 11.4 Å². The third-order valence-corrected chi connectivity index (χ3v) is 6.77. The van der Waals surface area contributed by atoms with E-state index in [4.69, 9.17) is 0 Å². The van der Waals surface area contributed by atoms with Crippen molar-refractivity contribution in [3.8, 4) is 16.9 Å². The van der Waals surface area contributed by atoms with Crippen LogP contribution in [-0.2, 0) is 4.79 Å². The molecule has 0 radical (unpaired) electrons. The van der Waals surface area contributed by atoms with Crippen LogP contribution < -0.4 is 5.32 Å². The highest BCUT2D eigenvalue weighted by atomic mass is 19.1. The van der Waals surface area contributed by atoms with Gasteiger partial charge in [-0.05, 0) is 53.6 Å². The van der Waals surface area contributed by atoms with Gasteiger partial charge in [0.1, 0.15) is 18.2 Å². The van der Waals surface area contributed by atoms with E-state index in [0.717, 1.165) is 35.6 Å². The average molecular weight is 535 g/mol. The van der Waals surface area contributed by atoms with Crippen LogP contribution in [-0.4, -0.2) is 39.6 Å². The molecule has 6 nitrogen and oxygen atoms in total. The molecule has 4 aromatic carbocycles. The van der Waals surface area contributed by atoms with Crippen molar-refractivity contribution in [2.45, 2.75) is 26.2 Å². The fraction of sp³-hybridized carbons (Fsp3) is 0.182. The number of rotatable bonds is 10. The van der Waals surface area contributed by atoms with Gasteiger partial charge in [0.2, 0.25) is 5.91 Å². The van der Waals surface area contributed by atoms with E-state index < -0.39 is 0 Å². The molecule has 0 saturated heterocycles. The normalized spacial score (nSPS) is 10.9. The first-order valence-corrected chi connectivity index (χ1v) is 13.5. The van der Waals surface area contributed by atoms with Gasteiger partial charge in [0.15, 0.2) is 0 Å². The minimum atomic E-state index is -0.361. The van der Waals surface area contributed by atoms with E-state index in [9.17, 15) is 14.0 Å². The van der Waals surface area contributed by atoms with Gasteiger partial charge in [-0.15, -0.1) is 0 Å². The first kappa shape index (κ1) is 26.8. The van der Waals surface area contributed by atoms with Crippen molar-refractivity contribution in [2.24, 2.45) is 0 Å². The molecule has 1 heterocycles. The van der Waals surface area contributed by atoms with Crippen molar-refractivity contribution < 1.29 is 14.0 Å². The minimum absolute atomic E-state index is 0.107. The molecule has 1 N–H and O–H groups in total. The van der Waals surface area contributed by atoms with Crippen molar-refractivity contribution in [1.82, 2.24) is 14.7 Å². The Morgan fingerprint density at radius 3 is 2.33 bits per heavy atom. The highest BCUT2D eigenvalue weighted by Gasteiger charge is 2.21. The molecule has 7 heteroatoms. The molecule has 40 heavy (non-hydrogen) atoms. The molecule has 0 saturated carbocycles. The van der Waals surface area contributed by atoms with Gasteiger partial charge in [0, 0.05) is 23.7 Å². The monoisotopic (exact) mass is 534 g/mol. The van der Waals surface area contributed by atoms with Crippen LogP contribution in [0, 0.1) is 5.82 Å². The van der Waals surface area contributed by atoms with Gasteiger partial charge in [-0.3, -0.25) is 9.59 Å². The number of hydrogen-bond acceptors (Lipinski definition) is 3. The van der Waals surface area contributed by atoms with Crippen LogP contribution in [0.2, 0.25) is 0 Å². The standard InChI is InChI=1S/C33H31FN4O2/c1-2-3-9-20-37(33(40)27-15-14-24-10-7-8-13-26(24)21-27)23-32(39)35-31-22-30(25-11-5-4-6-12-25)36-38(31)29-18-16-28(34)17-19-29/h4-8,10-19,21-22H,2-3,9,20,23H2,1H3,(H,35,39). The van der Waals surface area contributed by atoms with Gasteiger partial charge in [-0.25, -0.2) is 9.07 Å². The molecule has 2 amide bonds. The third kappa shape index (κ3) is 6.26.